The minimum absolute atomic E-state index is 0.0612. The lowest BCUT2D eigenvalue weighted by molar-refractivity contribution is -0.117. The molecule has 1 amide bonds. The predicted octanol–water partition coefficient (Wildman–Crippen LogP) is 3.36. The highest BCUT2D eigenvalue weighted by Crippen LogP contribution is 2.22. The molecule has 0 aliphatic carbocycles. The van der Waals surface area contributed by atoms with Gasteiger partial charge in [-0.1, -0.05) is 17.7 Å². The first-order valence-corrected chi connectivity index (χ1v) is 7.72. The molecule has 112 valence electrons. The molecule has 0 aliphatic heterocycles. The van der Waals surface area contributed by atoms with Crippen LogP contribution in [0.2, 0.25) is 4.34 Å². The van der Waals surface area contributed by atoms with E-state index in [4.69, 9.17) is 17.3 Å². The van der Waals surface area contributed by atoms with E-state index in [0.29, 0.717) is 18.8 Å². The summed E-state index contributed by atoms with van der Waals surface area (Å²) in [7, 11) is 1.90. The number of hydrogen-bond donors (Lipinski definition) is 2. The molecule has 2 rings (SSSR count). The van der Waals surface area contributed by atoms with Gasteiger partial charge in [0.1, 0.15) is 0 Å². The summed E-state index contributed by atoms with van der Waals surface area (Å²) in [6.45, 7) is 2.94. The highest BCUT2D eigenvalue weighted by molar-refractivity contribution is 7.16. The average molecular weight is 324 g/mol. The molecule has 0 saturated carbocycles. The molecule has 0 bridgehead atoms. The number of nitrogen functional groups attached to an aromatic ring is 1. The van der Waals surface area contributed by atoms with Crippen LogP contribution in [0, 0.1) is 6.92 Å². The Balaban J connectivity index is 1.90. The first kappa shape index (κ1) is 15.8. The summed E-state index contributed by atoms with van der Waals surface area (Å²) >= 11 is 7.43. The van der Waals surface area contributed by atoms with Gasteiger partial charge in [-0.05, 0) is 43.8 Å². The summed E-state index contributed by atoms with van der Waals surface area (Å²) in [5.74, 6) is -0.0612. The predicted molar refractivity (Wildman–Crippen MR) is 89.9 cm³/mol. The molecule has 1 aromatic carbocycles. The molecule has 0 atom stereocenters. The maximum Gasteiger partial charge on any atom is 0.238 e. The Hall–Kier alpha value is -1.56. The number of rotatable bonds is 5. The molecule has 0 aliphatic rings. The number of anilines is 2. The lowest BCUT2D eigenvalue weighted by Crippen LogP contribution is -2.29. The summed E-state index contributed by atoms with van der Waals surface area (Å²) in [4.78, 5) is 15.1. The molecule has 0 saturated heterocycles. The van der Waals surface area contributed by atoms with Gasteiger partial charge in [-0.3, -0.25) is 9.69 Å². The Kier molecular flexibility index (Phi) is 5.22. The smallest absolute Gasteiger partial charge is 0.238 e. The number of nitrogens with two attached hydrogens (primary N) is 1. The quantitative estimate of drug-likeness (QED) is 0.829. The number of likely N-dealkylation sites (N-methyl/N-ethyl adjacent to an activating group) is 1. The largest absolute Gasteiger partial charge is 0.399 e. The fourth-order valence-electron chi connectivity index (χ4n) is 1.97. The number of carbonyl (C=O) groups is 1. The van der Waals surface area contributed by atoms with Crippen LogP contribution in [-0.4, -0.2) is 24.4 Å². The monoisotopic (exact) mass is 323 g/mol. The van der Waals surface area contributed by atoms with Crippen molar-refractivity contribution in [3.05, 3.63) is 45.1 Å². The zero-order valence-corrected chi connectivity index (χ0v) is 13.6. The van der Waals surface area contributed by atoms with Crippen LogP contribution in [-0.2, 0) is 11.3 Å². The SMILES string of the molecule is Cc1ccc(N)cc1NC(=O)CN(C)Cc1ccc(Cl)s1. The van der Waals surface area contributed by atoms with E-state index in [2.05, 4.69) is 5.32 Å². The van der Waals surface area contributed by atoms with Crippen molar-refractivity contribution in [2.24, 2.45) is 0 Å². The molecule has 2 aromatic rings. The first-order chi connectivity index (χ1) is 9.94. The lowest BCUT2D eigenvalue weighted by Gasteiger charge is -2.16. The standard InChI is InChI=1S/C15H18ClN3OS/c1-10-3-4-11(17)7-13(10)18-15(20)9-19(2)8-12-5-6-14(16)21-12/h3-7H,8-9,17H2,1-2H3,(H,18,20). The fraction of sp³-hybridized carbons (Fsp3) is 0.267. The van der Waals surface area contributed by atoms with Gasteiger partial charge in [-0.15, -0.1) is 11.3 Å². The van der Waals surface area contributed by atoms with Crippen LogP contribution in [0.15, 0.2) is 30.3 Å². The normalized spacial score (nSPS) is 10.9. The van der Waals surface area contributed by atoms with Gasteiger partial charge in [-0.2, -0.15) is 0 Å². The van der Waals surface area contributed by atoms with Gasteiger partial charge in [0.2, 0.25) is 5.91 Å². The maximum absolute atomic E-state index is 12.1. The van der Waals surface area contributed by atoms with Gasteiger partial charge in [0.05, 0.1) is 10.9 Å². The van der Waals surface area contributed by atoms with E-state index in [9.17, 15) is 4.79 Å². The molecule has 0 radical (unpaired) electrons. The van der Waals surface area contributed by atoms with E-state index in [-0.39, 0.29) is 5.91 Å². The number of hydrogen-bond acceptors (Lipinski definition) is 4. The number of halogens is 1. The zero-order chi connectivity index (χ0) is 15.4. The lowest BCUT2D eigenvalue weighted by atomic mass is 10.2. The topological polar surface area (TPSA) is 58.4 Å². The second-order valence-electron chi connectivity index (χ2n) is 5.00. The van der Waals surface area contributed by atoms with Crippen molar-refractivity contribution in [1.82, 2.24) is 4.90 Å². The molecular weight excluding hydrogens is 306 g/mol. The molecule has 3 N–H and O–H groups in total. The van der Waals surface area contributed by atoms with Crippen molar-refractivity contribution in [3.63, 3.8) is 0 Å². The summed E-state index contributed by atoms with van der Waals surface area (Å²) < 4.78 is 0.762. The maximum atomic E-state index is 12.1. The summed E-state index contributed by atoms with van der Waals surface area (Å²) in [5.41, 5.74) is 8.12. The third kappa shape index (κ3) is 4.74. The van der Waals surface area contributed by atoms with E-state index in [1.165, 1.54) is 11.3 Å². The van der Waals surface area contributed by atoms with E-state index in [0.717, 1.165) is 20.5 Å². The zero-order valence-electron chi connectivity index (χ0n) is 12.0. The second kappa shape index (κ2) is 6.93. The van der Waals surface area contributed by atoms with Gasteiger partial charge in [0, 0.05) is 22.8 Å². The highest BCUT2D eigenvalue weighted by atomic mass is 35.5. The number of carbonyl (C=O) groups excluding carboxylic acids is 1. The Labute approximate surface area is 133 Å². The molecule has 0 spiro atoms. The Bertz CT molecular complexity index is 642. The van der Waals surface area contributed by atoms with Crippen LogP contribution < -0.4 is 11.1 Å². The second-order valence-corrected chi connectivity index (χ2v) is 6.80. The Morgan fingerprint density at radius 3 is 2.81 bits per heavy atom. The van der Waals surface area contributed by atoms with Crippen LogP contribution in [0.25, 0.3) is 0 Å². The van der Waals surface area contributed by atoms with Crippen molar-refractivity contribution < 1.29 is 4.79 Å². The van der Waals surface area contributed by atoms with Gasteiger partial charge < -0.3 is 11.1 Å². The van der Waals surface area contributed by atoms with E-state index in [1.807, 2.05) is 43.1 Å². The minimum atomic E-state index is -0.0612. The number of benzene rings is 1. The number of aryl methyl sites for hydroxylation is 1. The molecule has 0 unspecified atom stereocenters. The summed E-state index contributed by atoms with van der Waals surface area (Å²) in [6.07, 6.45) is 0. The van der Waals surface area contributed by atoms with Gasteiger partial charge in [-0.25, -0.2) is 0 Å². The number of nitrogens with one attached hydrogen (secondary N) is 1. The van der Waals surface area contributed by atoms with Gasteiger partial charge in [0.25, 0.3) is 0 Å². The van der Waals surface area contributed by atoms with Crippen LogP contribution in [0.3, 0.4) is 0 Å². The van der Waals surface area contributed by atoms with Crippen molar-refractivity contribution >= 4 is 40.2 Å². The molecule has 21 heavy (non-hydrogen) atoms. The summed E-state index contributed by atoms with van der Waals surface area (Å²) in [5, 5.41) is 2.89. The van der Waals surface area contributed by atoms with Crippen molar-refractivity contribution in [1.29, 1.82) is 0 Å². The van der Waals surface area contributed by atoms with Crippen molar-refractivity contribution in [2.45, 2.75) is 13.5 Å². The number of amides is 1. The minimum Gasteiger partial charge on any atom is -0.399 e. The first-order valence-electron chi connectivity index (χ1n) is 6.53. The average Bonchev–Trinajstić information content (AvgIpc) is 2.79. The van der Waals surface area contributed by atoms with Gasteiger partial charge in [0.15, 0.2) is 0 Å². The van der Waals surface area contributed by atoms with Gasteiger partial charge >= 0.3 is 0 Å². The van der Waals surface area contributed by atoms with E-state index < -0.39 is 0 Å². The van der Waals surface area contributed by atoms with Crippen molar-refractivity contribution in [3.8, 4) is 0 Å². The Morgan fingerprint density at radius 2 is 2.14 bits per heavy atom. The third-order valence-corrected chi connectivity index (χ3v) is 4.22. The van der Waals surface area contributed by atoms with Crippen LogP contribution in [0.1, 0.15) is 10.4 Å². The molecule has 0 fully saturated rings. The van der Waals surface area contributed by atoms with Crippen LogP contribution >= 0.6 is 22.9 Å². The number of thiophene rings is 1. The van der Waals surface area contributed by atoms with Crippen LogP contribution in [0.4, 0.5) is 11.4 Å². The van der Waals surface area contributed by atoms with E-state index in [1.54, 1.807) is 6.07 Å². The molecule has 4 nitrogen and oxygen atoms in total. The van der Waals surface area contributed by atoms with Crippen molar-refractivity contribution in [2.75, 3.05) is 24.6 Å². The number of nitrogens with zero attached hydrogens (tertiary/aromatic N) is 1. The molecule has 1 heterocycles. The highest BCUT2D eigenvalue weighted by Gasteiger charge is 2.10. The summed E-state index contributed by atoms with van der Waals surface area (Å²) in [6, 6.07) is 9.32. The van der Waals surface area contributed by atoms with Crippen LogP contribution in [0.5, 0.6) is 0 Å². The third-order valence-electron chi connectivity index (χ3n) is 3.00. The molecule has 6 heteroatoms. The molecule has 1 aromatic heterocycles. The Morgan fingerprint density at radius 1 is 1.38 bits per heavy atom. The van der Waals surface area contributed by atoms with E-state index >= 15 is 0 Å². The fourth-order valence-corrected chi connectivity index (χ4v) is 3.14. The molecular formula is C15H18ClN3OS.